The number of hydrogen-bond donors (Lipinski definition) is 0. The summed E-state index contributed by atoms with van der Waals surface area (Å²) in [6.07, 6.45) is 10.6. The van der Waals surface area contributed by atoms with Crippen molar-refractivity contribution in [3.05, 3.63) is 35.8 Å². The summed E-state index contributed by atoms with van der Waals surface area (Å²) in [7, 11) is 0. The molecule has 3 heteroatoms. The van der Waals surface area contributed by atoms with Gasteiger partial charge in [-0.15, -0.1) is 0 Å². The first-order valence-electron chi connectivity index (χ1n) is 7.34. The highest BCUT2D eigenvalue weighted by atomic mass is 15.3. The fraction of sp³-hybridized carbons (Fsp3) is 0.500. The molecular weight excluding hydrogens is 234 g/mol. The molecule has 0 bridgehead atoms. The largest absolute Gasteiger partial charge is 0.269 e. The number of nitrogens with zero attached hydrogens (tertiary/aromatic N) is 3. The summed E-state index contributed by atoms with van der Waals surface area (Å²) in [5.74, 6) is 0.678. The molecule has 0 amide bonds. The van der Waals surface area contributed by atoms with Crippen LogP contribution in [0.1, 0.15) is 55.3 Å². The lowest BCUT2D eigenvalue weighted by Crippen LogP contribution is -2.17. The van der Waals surface area contributed by atoms with E-state index in [2.05, 4.69) is 28.9 Å². The number of aromatic nitrogens is 3. The molecule has 2 aliphatic rings. The number of pyridine rings is 1. The molecule has 0 N–H and O–H groups in total. The highest BCUT2D eigenvalue weighted by molar-refractivity contribution is 5.65. The minimum atomic E-state index is 0.635. The molecule has 0 aliphatic heterocycles. The monoisotopic (exact) mass is 253 g/mol. The van der Waals surface area contributed by atoms with E-state index >= 15 is 0 Å². The zero-order valence-electron chi connectivity index (χ0n) is 11.3. The maximum atomic E-state index is 4.89. The van der Waals surface area contributed by atoms with Crippen molar-refractivity contribution in [2.75, 3.05) is 0 Å². The zero-order valence-corrected chi connectivity index (χ0v) is 11.3. The standard InChI is InChI=1S/C16H19N3/c1-11-4-3-9-17-15(11)14-10-19(13-5-2-6-13)18-16(14)12-7-8-12/h3-4,9-10,12-13H,2,5-8H2,1H3. The predicted molar refractivity (Wildman–Crippen MR) is 75.1 cm³/mol. The van der Waals surface area contributed by atoms with Crippen molar-refractivity contribution in [2.24, 2.45) is 0 Å². The Morgan fingerprint density at radius 1 is 1.21 bits per heavy atom. The third-order valence-corrected chi connectivity index (χ3v) is 4.44. The van der Waals surface area contributed by atoms with Gasteiger partial charge in [-0.3, -0.25) is 9.67 Å². The van der Waals surface area contributed by atoms with Gasteiger partial charge in [0.1, 0.15) is 0 Å². The van der Waals surface area contributed by atoms with Crippen molar-refractivity contribution in [1.29, 1.82) is 0 Å². The van der Waals surface area contributed by atoms with Gasteiger partial charge >= 0.3 is 0 Å². The molecule has 2 heterocycles. The second-order valence-electron chi connectivity index (χ2n) is 5.94. The van der Waals surface area contributed by atoms with Gasteiger partial charge in [-0.25, -0.2) is 0 Å². The van der Waals surface area contributed by atoms with Crippen molar-refractivity contribution in [3.63, 3.8) is 0 Å². The lowest BCUT2D eigenvalue weighted by molar-refractivity contribution is 0.288. The van der Waals surface area contributed by atoms with Gasteiger partial charge in [0, 0.05) is 23.9 Å². The van der Waals surface area contributed by atoms with Gasteiger partial charge in [0.05, 0.1) is 17.4 Å². The van der Waals surface area contributed by atoms with Crippen LogP contribution in [0.3, 0.4) is 0 Å². The Bertz CT molecular complexity index is 606. The molecule has 19 heavy (non-hydrogen) atoms. The molecule has 4 rings (SSSR count). The Hall–Kier alpha value is -1.64. The molecule has 2 aliphatic carbocycles. The maximum Gasteiger partial charge on any atom is 0.0765 e. The van der Waals surface area contributed by atoms with E-state index in [1.54, 1.807) is 0 Å². The minimum Gasteiger partial charge on any atom is -0.269 e. The van der Waals surface area contributed by atoms with E-state index in [0.717, 1.165) is 5.69 Å². The summed E-state index contributed by atoms with van der Waals surface area (Å²) in [6, 6.07) is 4.78. The minimum absolute atomic E-state index is 0.635. The second-order valence-corrected chi connectivity index (χ2v) is 5.94. The molecule has 0 spiro atoms. The summed E-state index contributed by atoms with van der Waals surface area (Å²) in [4.78, 5) is 4.58. The van der Waals surface area contributed by atoms with Gasteiger partial charge in [0.25, 0.3) is 0 Å². The van der Waals surface area contributed by atoms with Crippen LogP contribution in [0.25, 0.3) is 11.3 Å². The Balaban J connectivity index is 1.81. The van der Waals surface area contributed by atoms with Gasteiger partial charge in [0.15, 0.2) is 0 Å². The van der Waals surface area contributed by atoms with Crippen molar-refractivity contribution in [2.45, 2.75) is 51.0 Å². The summed E-state index contributed by atoms with van der Waals surface area (Å²) >= 11 is 0. The van der Waals surface area contributed by atoms with Crippen LogP contribution in [-0.2, 0) is 0 Å². The Morgan fingerprint density at radius 2 is 2.05 bits per heavy atom. The van der Waals surface area contributed by atoms with E-state index in [0.29, 0.717) is 12.0 Å². The molecule has 98 valence electrons. The van der Waals surface area contributed by atoms with Crippen LogP contribution in [-0.4, -0.2) is 14.8 Å². The van der Waals surface area contributed by atoms with Crippen LogP contribution in [0, 0.1) is 6.92 Å². The summed E-state index contributed by atoms with van der Waals surface area (Å²) < 4.78 is 2.21. The molecule has 0 saturated heterocycles. The Labute approximate surface area is 113 Å². The van der Waals surface area contributed by atoms with Crippen LogP contribution in [0.5, 0.6) is 0 Å². The van der Waals surface area contributed by atoms with E-state index < -0.39 is 0 Å². The molecule has 2 saturated carbocycles. The fourth-order valence-corrected chi connectivity index (χ4v) is 2.85. The number of rotatable bonds is 3. The maximum absolute atomic E-state index is 4.89. The van der Waals surface area contributed by atoms with Crippen molar-refractivity contribution < 1.29 is 0 Å². The van der Waals surface area contributed by atoms with Crippen LogP contribution >= 0.6 is 0 Å². The van der Waals surface area contributed by atoms with Crippen LogP contribution < -0.4 is 0 Å². The molecule has 2 aromatic heterocycles. The van der Waals surface area contributed by atoms with Gasteiger partial charge in [-0.1, -0.05) is 6.07 Å². The molecule has 0 aromatic carbocycles. The second kappa shape index (κ2) is 4.19. The van der Waals surface area contributed by atoms with Crippen LogP contribution in [0.2, 0.25) is 0 Å². The van der Waals surface area contributed by atoms with E-state index in [9.17, 15) is 0 Å². The van der Waals surface area contributed by atoms with E-state index in [1.165, 1.54) is 48.9 Å². The van der Waals surface area contributed by atoms with Crippen LogP contribution in [0.15, 0.2) is 24.5 Å². The lowest BCUT2D eigenvalue weighted by Gasteiger charge is -2.25. The summed E-state index contributed by atoms with van der Waals surface area (Å²) in [5, 5.41) is 4.89. The molecule has 0 unspecified atom stereocenters. The van der Waals surface area contributed by atoms with Crippen molar-refractivity contribution >= 4 is 0 Å². The molecule has 2 fully saturated rings. The summed E-state index contributed by atoms with van der Waals surface area (Å²) in [5.41, 5.74) is 4.92. The zero-order chi connectivity index (χ0) is 12.8. The van der Waals surface area contributed by atoms with Crippen LogP contribution in [0.4, 0.5) is 0 Å². The predicted octanol–water partition coefficient (Wildman–Crippen LogP) is 3.86. The average Bonchev–Trinajstić information content (AvgIpc) is 3.10. The Morgan fingerprint density at radius 3 is 2.68 bits per heavy atom. The highest BCUT2D eigenvalue weighted by Gasteiger charge is 2.32. The number of hydrogen-bond acceptors (Lipinski definition) is 2. The Kier molecular flexibility index (Phi) is 2.47. The molecular formula is C16H19N3. The van der Waals surface area contributed by atoms with E-state index in [1.807, 2.05) is 12.3 Å². The first-order chi connectivity index (χ1) is 9.33. The molecule has 0 radical (unpaired) electrons. The normalized spacial score (nSPS) is 19.4. The van der Waals surface area contributed by atoms with Gasteiger partial charge in [0.2, 0.25) is 0 Å². The first kappa shape index (κ1) is 11.2. The fourth-order valence-electron chi connectivity index (χ4n) is 2.85. The number of aryl methyl sites for hydroxylation is 1. The third kappa shape index (κ3) is 1.88. The molecule has 2 aromatic rings. The topological polar surface area (TPSA) is 30.7 Å². The van der Waals surface area contributed by atoms with Gasteiger partial charge in [-0.2, -0.15) is 5.10 Å². The first-order valence-corrected chi connectivity index (χ1v) is 7.34. The summed E-state index contributed by atoms with van der Waals surface area (Å²) in [6.45, 7) is 2.14. The smallest absolute Gasteiger partial charge is 0.0765 e. The van der Waals surface area contributed by atoms with Gasteiger partial charge < -0.3 is 0 Å². The van der Waals surface area contributed by atoms with Crippen molar-refractivity contribution in [1.82, 2.24) is 14.8 Å². The third-order valence-electron chi connectivity index (χ3n) is 4.44. The SMILES string of the molecule is Cc1cccnc1-c1cn(C2CCC2)nc1C1CC1. The molecule has 0 atom stereocenters. The molecule has 3 nitrogen and oxygen atoms in total. The quantitative estimate of drug-likeness (QED) is 0.831. The lowest BCUT2D eigenvalue weighted by atomic mass is 9.93. The van der Waals surface area contributed by atoms with Crippen molar-refractivity contribution in [3.8, 4) is 11.3 Å². The van der Waals surface area contributed by atoms with E-state index in [-0.39, 0.29) is 0 Å². The highest BCUT2D eigenvalue weighted by Crippen LogP contribution is 2.45. The average molecular weight is 253 g/mol. The van der Waals surface area contributed by atoms with Gasteiger partial charge in [-0.05, 0) is 50.7 Å². The van der Waals surface area contributed by atoms with E-state index in [4.69, 9.17) is 5.10 Å².